The Balaban J connectivity index is 1.80. The molecule has 0 bridgehead atoms. The van der Waals surface area contributed by atoms with Crippen molar-refractivity contribution in [3.05, 3.63) is 77.4 Å². The molecule has 34 heavy (non-hydrogen) atoms. The molecule has 4 N–H and O–H groups in total. The van der Waals surface area contributed by atoms with Gasteiger partial charge in [0, 0.05) is 16.8 Å². The number of carbonyl (C=O) groups excluding carboxylic acids is 2. The van der Waals surface area contributed by atoms with E-state index < -0.39 is 5.91 Å². The number of guanidine groups is 1. The minimum atomic E-state index is -0.519. The maximum Gasteiger partial charge on any atom is 0.258 e. The van der Waals surface area contributed by atoms with Gasteiger partial charge in [0.15, 0.2) is 11.5 Å². The lowest BCUT2D eigenvalue weighted by Crippen LogP contribution is -2.36. The van der Waals surface area contributed by atoms with Crippen molar-refractivity contribution in [2.24, 2.45) is 10.7 Å². The summed E-state index contributed by atoms with van der Waals surface area (Å²) in [5.74, 6) is 0.0850. The van der Waals surface area contributed by atoms with Gasteiger partial charge in [0.2, 0.25) is 11.7 Å². The van der Waals surface area contributed by atoms with E-state index in [0.717, 1.165) is 5.56 Å². The zero-order valence-corrected chi connectivity index (χ0v) is 19.3. The fourth-order valence-corrected chi connectivity index (χ4v) is 3.21. The Morgan fingerprint density at radius 3 is 2.09 bits per heavy atom. The Hall–Kier alpha value is -4.53. The first-order valence-electron chi connectivity index (χ1n) is 10.3. The van der Waals surface area contributed by atoms with E-state index in [1.807, 2.05) is 25.1 Å². The summed E-state index contributed by atoms with van der Waals surface area (Å²) in [6, 6.07) is 17.2. The summed E-state index contributed by atoms with van der Waals surface area (Å²) in [4.78, 5) is 29.7. The first kappa shape index (κ1) is 24.1. The molecule has 3 rings (SSSR count). The molecule has 0 saturated heterocycles. The van der Waals surface area contributed by atoms with Crippen LogP contribution in [0.25, 0.3) is 0 Å². The van der Waals surface area contributed by atoms with Crippen LogP contribution in [0.2, 0.25) is 0 Å². The second-order valence-corrected chi connectivity index (χ2v) is 7.18. The maximum absolute atomic E-state index is 12.7. The van der Waals surface area contributed by atoms with Crippen LogP contribution in [0.4, 0.5) is 11.4 Å². The highest BCUT2D eigenvalue weighted by Crippen LogP contribution is 2.38. The molecule has 9 nitrogen and oxygen atoms in total. The summed E-state index contributed by atoms with van der Waals surface area (Å²) in [6.07, 6.45) is 0. The molecule has 0 aromatic heterocycles. The normalized spacial score (nSPS) is 10.9. The Labute approximate surface area is 197 Å². The van der Waals surface area contributed by atoms with Gasteiger partial charge in [-0.1, -0.05) is 24.3 Å². The number of hydrogen-bond acceptors (Lipinski definition) is 6. The molecule has 0 saturated carbocycles. The molecule has 0 aliphatic heterocycles. The Morgan fingerprint density at radius 1 is 0.853 bits per heavy atom. The molecule has 0 aliphatic rings. The van der Waals surface area contributed by atoms with Crippen molar-refractivity contribution in [1.82, 2.24) is 5.32 Å². The highest BCUT2D eigenvalue weighted by atomic mass is 16.5. The number of nitrogens with two attached hydrogens (primary N) is 1. The van der Waals surface area contributed by atoms with Gasteiger partial charge in [0.1, 0.15) is 0 Å². The Morgan fingerprint density at radius 2 is 1.50 bits per heavy atom. The van der Waals surface area contributed by atoms with Crippen molar-refractivity contribution in [3.63, 3.8) is 0 Å². The van der Waals surface area contributed by atoms with Crippen LogP contribution < -0.4 is 30.6 Å². The summed E-state index contributed by atoms with van der Waals surface area (Å²) in [5.41, 5.74) is 8.49. The van der Waals surface area contributed by atoms with Gasteiger partial charge in [-0.2, -0.15) is 0 Å². The number of hydrogen-bond donors (Lipinski definition) is 3. The number of carbonyl (C=O) groups is 2. The van der Waals surface area contributed by atoms with E-state index >= 15 is 0 Å². The average Bonchev–Trinajstić information content (AvgIpc) is 2.84. The third kappa shape index (κ3) is 5.63. The number of rotatable bonds is 7. The van der Waals surface area contributed by atoms with E-state index in [1.165, 1.54) is 33.5 Å². The number of amides is 2. The molecule has 2 amide bonds. The van der Waals surface area contributed by atoms with Crippen LogP contribution >= 0.6 is 0 Å². The van der Waals surface area contributed by atoms with Gasteiger partial charge in [-0.3, -0.25) is 14.9 Å². The lowest BCUT2D eigenvalue weighted by molar-refractivity contribution is 0.0974. The van der Waals surface area contributed by atoms with Crippen molar-refractivity contribution in [1.29, 1.82) is 0 Å². The quantitative estimate of drug-likeness (QED) is 0.364. The standard InChI is InChI=1S/C25H26N4O5/c1-15-10-11-18(14-19(15)24(31)27-17-8-6-5-7-9-17)28-25(26)29-23(30)16-12-20(32-2)22(34-4)21(13-16)33-3/h5-14H,1-4H3,(H,27,31)(H3,26,28,29,30). The summed E-state index contributed by atoms with van der Waals surface area (Å²) in [6.45, 7) is 1.82. The molecule has 0 fully saturated rings. The second-order valence-electron chi connectivity index (χ2n) is 7.18. The molecule has 3 aromatic rings. The number of benzene rings is 3. The number of nitrogens with one attached hydrogen (secondary N) is 2. The minimum Gasteiger partial charge on any atom is -0.493 e. The summed E-state index contributed by atoms with van der Waals surface area (Å²) >= 11 is 0. The van der Waals surface area contributed by atoms with Gasteiger partial charge in [-0.25, -0.2) is 4.99 Å². The predicted octanol–water partition coefficient (Wildman–Crippen LogP) is 3.65. The predicted molar refractivity (Wildman–Crippen MR) is 130 cm³/mol. The van der Waals surface area contributed by atoms with Gasteiger partial charge >= 0.3 is 0 Å². The zero-order valence-electron chi connectivity index (χ0n) is 19.3. The Kier molecular flexibility index (Phi) is 7.71. The van der Waals surface area contributed by atoms with Crippen LogP contribution in [0.15, 0.2) is 65.7 Å². The molecule has 3 aromatic carbocycles. The maximum atomic E-state index is 12.7. The van der Waals surface area contributed by atoms with Gasteiger partial charge in [-0.05, 0) is 48.9 Å². The van der Waals surface area contributed by atoms with Crippen LogP contribution in [0.1, 0.15) is 26.3 Å². The molecule has 9 heteroatoms. The third-order valence-corrected chi connectivity index (χ3v) is 4.92. The largest absolute Gasteiger partial charge is 0.493 e. The monoisotopic (exact) mass is 462 g/mol. The van der Waals surface area contributed by atoms with E-state index in [1.54, 1.807) is 30.3 Å². The number of aryl methyl sites for hydroxylation is 1. The van der Waals surface area contributed by atoms with Crippen LogP contribution in [-0.4, -0.2) is 39.1 Å². The van der Waals surface area contributed by atoms with Gasteiger partial charge in [-0.15, -0.1) is 0 Å². The molecule has 0 spiro atoms. The summed E-state index contributed by atoms with van der Waals surface area (Å²) in [7, 11) is 4.39. The molecule has 0 aliphatic carbocycles. The fraction of sp³-hybridized carbons (Fsp3) is 0.160. The zero-order chi connectivity index (χ0) is 24.7. The number of aliphatic imine (C=N–C) groups is 1. The number of ether oxygens (including phenoxy) is 3. The first-order valence-corrected chi connectivity index (χ1v) is 10.3. The van der Waals surface area contributed by atoms with Crippen molar-refractivity contribution in [2.45, 2.75) is 6.92 Å². The smallest absolute Gasteiger partial charge is 0.258 e. The highest BCUT2D eigenvalue weighted by molar-refractivity contribution is 6.07. The highest BCUT2D eigenvalue weighted by Gasteiger charge is 2.18. The average molecular weight is 463 g/mol. The van der Waals surface area contributed by atoms with E-state index in [9.17, 15) is 9.59 Å². The molecule has 0 atom stereocenters. The number of anilines is 1. The molecular weight excluding hydrogens is 436 g/mol. The third-order valence-electron chi connectivity index (χ3n) is 4.92. The van der Waals surface area contributed by atoms with Crippen LogP contribution in [0.3, 0.4) is 0 Å². The summed E-state index contributed by atoms with van der Waals surface area (Å²) in [5, 5.41) is 5.37. The topological polar surface area (TPSA) is 124 Å². The van der Waals surface area contributed by atoms with Crippen molar-refractivity contribution in [2.75, 3.05) is 26.6 Å². The number of nitrogens with zero attached hydrogens (tertiary/aromatic N) is 1. The second kappa shape index (κ2) is 10.9. The number of methoxy groups -OCH3 is 3. The van der Waals surface area contributed by atoms with Crippen molar-refractivity contribution in [3.8, 4) is 17.2 Å². The Bertz CT molecular complexity index is 1200. The van der Waals surface area contributed by atoms with E-state index in [-0.39, 0.29) is 17.4 Å². The SMILES string of the molecule is COc1cc(C(=O)NC(N)=Nc2ccc(C)c(C(=O)Nc3ccccc3)c2)cc(OC)c1OC. The lowest BCUT2D eigenvalue weighted by atomic mass is 10.1. The molecule has 0 heterocycles. The van der Waals surface area contributed by atoms with E-state index in [0.29, 0.717) is 34.2 Å². The molecular formula is C25H26N4O5. The first-order chi connectivity index (χ1) is 16.4. The van der Waals surface area contributed by atoms with Crippen LogP contribution in [-0.2, 0) is 0 Å². The van der Waals surface area contributed by atoms with Gasteiger partial charge < -0.3 is 25.3 Å². The van der Waals surface area contributed by atoms with Gasteiger partial charge in [0.05, 0.1) is 27.0 Å². The number of para-hydroxylation sites is 1. The van der Waals surface area contributed by atoms with Crippen LogP contribution in [0, 0.1) is 6.92 Å². The fourth-order valence-electron chi connectivity index (χ4n) is 3.21. The van der Waals surface area contributed by atoms with Crippen molar-refractivity contribution < 1.29 is 23.8 Å². The molecule has 0 radical (unpaired) electrons. The minimum absolute atomic E-state index is 0.142. The van der Waals surface area contributed by atoms with E-state index in [4.69, 9.17) is 19.9 Å². The van der Waals surface area contributed by atoms with Gasteiger partial charge in [0.25, 0.3) is 11.8 Å². The van der Waals surface area contributed by atoms with Crippen LogP contribution in [0.5, 0.6) is 17.2 Å². The van der Waals surface area contributed by atoms with Crippen molar-refractivity contribution >= 4 is 29.1 Å². The summed E-state index contributed by atoms with van der Waals surface area (Å²) < 4.78 is 15.8. The van der Waals surface area contributed by atoms with E-state index in [2.05, 4.69) is 15.6 Å². The molecule has 176 valence electrons. The lowest BCUT2D eigenvalue weighted by Gasteiger charge is -2.14. The molecule has 0 unspecified atom stereocenters.